The third kappa shape index (κ3) is 3.96. The van der Waals surface area contributed by atoms with E-state index in [1.807, 2.05) is 62.4 Å². The molecule has 2 rings (SSSR count). The lowest BCUT2D eigenvalue weighted by Crippen LogP contribution is -2.06. The molecule has 21 heavy (non-hydrogen) atoms. The highest BCUT2D eigenvalue weighted by atomic mass is 32.2. The van der Waals surface area contributed by atoms with Gasteiger partial charge in [0.25, 0.3) is 0 Å². The fourth-order valence-electron chi connectivity index (χ4n) is 1.97. The minimum absolute atomic E-state index is 0.0195. The second-order valence-electron chi connectivity index (χ2n) is 5.10. The number of nitrogens with zero attached hydrogens (tertiary/aromatic N) is 1. The maximum absolute atomic E-state index is 11.9. The number of hydrogen-bond acceptors (Lipinski definition) is 3. The molecular formula is C18H17NOS. The van der Waals surface area contributed by atoms with Gasteiger partial charge >= 0.3 is 0 Å². The third-order valence-electron chi connectivity index (χ3n) is 3.20. The first-order valence-electron chi connectivity index (χ1n) is 6.87. The Morgan fingerprint density at radius 2 is 1.81 bits per heavy atom. The molecule has 0 atom stereocenters. The van der Waals surface area contributed by atoms with Gasteiger partial charge in [0.15, 0.2) is 5.78 Å². The number of carbonyl (C=O) groups is 1. The molecule has 0 saturated heterocycles. The molecule has 3 heteroatoms. The molecule has 2 nitrogen and oxygen atoms in total. The number of rotatable bonds is 5. The van der Waals surface area contributed by atoms with Gasteiger partial charge < -0.3 is 0 Å². The first kappa shape index (κ1) is 15.3. The number of Topliss-reactive ketones (excluding diaryl/α,β-unsaturated/α-hetero) is 1. The molecule has 0 heterocycles. The Balaban J connectivity index is 2.05. The lowest BCUT2D eigenvalue weighted by Gasteiger charge is -2.06. The van der Waals surface area contributed by atoms with Crippen LogP contribution in [0.2, 0.25) is 0 Å². The topological polar surface area (TPSA) is 40.9 Å². The summed E-state index contributed by atoms with van der Waals surface area (Å²) in [5.74, 6) is 0.939. The van der Waals surface area contributed by atoms with Crippen LogP contribution in [-0.4, -0.2) is 5.78 Å². The largest absolute Gasteiger partial charge is 0.294 e. The van der Waals surface area contributed by atoms with Gasteiger partial charge in [0.1, 0.15) is 0 Å². The monoisotopic (exact) mass is 295 g/mol. The molecule has 0 fully saturated rings. The van der Waals surface area contributed by atoms with Gasteiger partial charge in [-0.2, -0.15) is 5.26 Å². The van der Waals surface area contributed by atoms with Crippen molar-refractivity contribution in [2.45, 2.75) is 24.5 Å². The molecule has 0 radical (unpaired) electrons. The lowest BCUT2D eigenvalue weighted by molar-refractivity contribution is 0.0939. The van der Waals surface area contributed by atoms with Crippen molar-refractivity contribution < 1.29 is 4.79 Å². The fourth-order valence-corrected chi connectivity index (χ4v) is 2.87. The van der Waals surface area contributed by atoms with Crippen molar-refractivity contribution in [3.8, 4) is 6.07 Å². The summed E-state index contributed by atoms with van der Waals surface area (Å²) in [5.41, 5.74) is 2.51. The smallest absolute Gasteiger partial charge is 0.165 e. The van der Waals surface area contributed by atoms with E-state index in [0.717, 1.165) is 27.3 Å². The van der Waals surface area contributed by atoms with Crippen molar-refractivity contribution in [1.82, 2.24) is 0 Å². The van der Waals surface area contributed by atoms with Gasteiger partial charge in [0.2, 0.25) is 0 Å². The van der Waals surface area contributed by atoms with E-state index in [9.17, 15) is 4.79 Å². The first-order valence-corrected chi connectivity index (χ1v) is 7.85. The van der Waals surface area contributed by atoms with Crippen molar-refractivity contribution in [1.29, 1.82) is 5.26 Å². The zero-order chi connectivity index (χ0) is 15.2. The molecule has 0 aromatic heterocycles. The molecule has 0 aliphatic carbocycles. The normalized spacial score (nSPS) is 10.4. The highest BCUT2D eigenvalue weighted by Crippen LogP contribution is 2.25. The minimum Gasteiger partial charge on any atom is -0.294 e. The molecule has 0 aliphatic heterocycles. The molecule has 0 N–H and O–H groups in total. The predicted molar refractivity (Wildman–Crippen MR) is 86.3 cm³/mol. The molecule has 0 unspecified atom stereocenters. The van der Waals surface area contributed by atoms with Crippen LogP contribution in [0.25, 0.3) is 0 Å². The highest BCUT2D eigenvalue weighted by molar-refractivity contribution is 7.98. The van der Waals surface area contributed by atoms with E-state index in [0.29, 0.717) is 0 Å². The Morgan fingerprint density at radius 1 is 1.14 bits per heavy atom. The first-order chi connectivity index (χ1) is 10.1. The summed E-state index contributed by atoms with van der Waals surface area (Å²) < 4.78 is 0. The van der Waals surface area contributed by atoms with Crippen LogP contribution in [0.15, 0.2) is 53.4 Å². The van der Waals surface area contributed by atoms with E-state index < -0.39 is 0 Å². The second-order valence-corrected chi connectivity index (χ2v) is 6.15. The maximum Gasteiger partial charge on any atom is 0.165 e. The standard InChI is InChI=1S/C18H17NOS/c1-13(2)18(20)14-7-9-17(10-8-14)21-12-16-6-4-3-5-15(16)11-19/h3-10,13H,12H2,1-2H3. The van der Waals surface area contributed by atoms with Gasteiger partial charge in [-0.3, -0.25) is 4.79 Å². The number of nitriles is 1. The Hall–Kier alpha value is -2.05. The number of thioether (sulfide) groups is 1. The van der Waals surface area contributed by atoms with Crippen LogP contribution < -0.4 is 0 Å². The molecule has 0 amide bonds. The van der Waals surface area contributed by atoms with Crippen molar-refractivity contribution in [2.24, 2.45) is 5.92 Å². The minimum atomic E-state index is 0.0195. The average Bonchev–Trinajstić information content (AvgIpc) is 2.52. The fraction of sp³-hybridized carbons (Fsp3) is 0.222. The maximum atomic E-state index is 11.9. The van der Waals surface area contributed by atoms with E-state index >= 15 is 0 Å². The van der Waals surface area contributed by atoms with E-state index in [1.54, 1.807) is 11.8 Å². The van der Waals surface area contributed by atoms with Crippen molar-refractivity contribution >= 4 is 17.5 Å². The number of carbonyl (C=O) groups excluding carboxylic acids is 1. The highest BCUT2D eigenvalue weighted by Gasteiger charge is 2.10. The summed E-state index contributed by atoms with van der Waals surface area (Å²) >= 11 is 1.67. The SMILES string of the molecule is CC(C)C(=O)c1ccc(SCc2ccccc2C#N)cc1. The summed E-state index contributed by atoms with van der Waals surface area (Å²) in [5, 5.41) is 9.07. The van der Waals surface area contributed by atoms with Gasteiger partial charge in [-0.1, -0.05) is 44.2 Å². The molecule has 0 saturated carbocycles. The summed E-state index contributed by atoms with van der Waals surface area (Å²) in [7, 11) is 0. The Kier molecular flexibility index (Phi) is 5.19. The average molecular weight is 295 g/mol. The summed E-state index contributed by atoms with van der Waals surface area (Å²) in [6.07, 6.45) is 0. The number of ketones is 1. The van der Waals surface area contributed by atoms with Crippen LogP contribution in [0.4, 0.5) is 0 Å². The van der Waals surface area contributed by atoms with E-state index in [1.165, 1.54) is 0 Å². The second kappa shape index (κ2) is 7.10. The van der Waals surface area contributed by atoms with Gasteiger partial charge in [-0.05, 0) is 23.8 Å². The number of hydrogen-bond donors (Lipinski definition) is 0. The zero-order valence-electron chi connectivity index (χ0n) is 12.2. The van der Waals surface area contributed by atoms with Gasteiger partial charge in [0, 0.05) is 22.1 Å². The Bertz CT molecular complexity index is 668. The summed E-state index contributed by atoms with van der Waals surface area (Å²) in [6, 6.07) is 17.5. The van der Waals surface area contributed by atoms with Gasteiger partial charge in [-0.25, -0.2) is 0 Å². The van der Waals surface area contributed by atoms with Crippen LogP contribution in [0, 0.1) is 17.2 Å². The van der Waals surface area contributed by atoms with Crippen LogP contribution in [0.5, 0.6) is 0 Å². The van der Waals surface area contributed by atoms with Crippen LogP contribution >= 0.6 is 11.8 Å². The van der Waals surface area contributed by atoms with Crippen LogP contribution in [0.1, 0.15) is 35.3 Å². The quantitative estimate of drug-likeness (QED) is 0.593. The van der Waals surface area contributed by atoms with Crippen molar-refractivity contribution in [2.75, 3.05) is 0 Å². The van der Waals surface area contributed by atoms with Crippen molar-refractivity contribution in [3.05, 3.63) is 65.2 Å². The van der Waals surface area contributed by atoms with Crippen molar-refractivity contribution in [3.63, 3.8) is 0 Å². The molecular weight excluding hydrogens is 278 g/mol. The molecule has 0 bridgehead atoms. The molecule has 2 aromatic rings. The summed E-state index contributed by atoms with van der Waals surface area (Å²) in [6.45, 7) is 3.81. The predicted octanol–water partition coefficient (Wildman–Crippen LogP) is 4.69. The Labute approximate surface area is 129 Å². The van der Waals surface area contributed by atoms with E-state index in [-0.39, 0.29) is 11.7 Å². The molecule has 0 aliphatic rings. The van der Waals surface area contributed by atoms with Crippen LogP contribution in [0.3, 0.4) is 0 Å². The lowest BCUT2D eigenvalue weighted by atomic mass is 10.0. The third-order valence-corrected chi connectivity index (χ3v) is 4.26. The van der Waals surface area contributed by atoms with Gasteiger partial charge in [-0.15, -0.1) is 11.8 Å². The van der Waals surface area contributed by atoms with E-state index in [2.05, 4.69) is 6.07 Å². The molecule has 106 valence electrons. The van der Waals surface area contributed by atoms with E-state index in [4.69, 9.17) is 5.26 Å². The molecule has 0 spiro atoms. The van der Waals surface area contributed by atoms with Crippen LogP contribution in [-0.2, 0) is 5.75 Å². The zero-order valence-corrected chi connectivity index (χ0v) is 13.0. The van der Waals surface area contributed by atoms with Gasteiger partial charge in [0.05, 0.1) is 11.6 Å². The number of benzene rings is 2. The molecule has 2 aromatic carbocycles. The Morgan fingerprint density at radius 3 is 2.43 bits per heavy atom. The summed E-state index contributed by atoms with van der Waals surface area (Å²) in [4.78, 5) is 13.0.